The minimum Gasteiger partial charge on any atom is -0.496 e. The highest BCUT2D eigenvalue weighted by Crippen LogP contribution is 2.44. The molecule has 0 radical (unpaired) electrons. The molecule has 2 heterocycles. The Morgan fingerprint density at radius 3 is 2.50 bits per heavy atom. The Kier molecular flexibility index (Phi) is 8.33. The average molecular weight is 631 g/mol. The number of methoxy groups -OCH3 is 1. The van der Waals surface area contributed by atoms with Crippen molar-refractivity contribution in [2.24, 2.45) is 0 Å². The van der Waals surface area contributed by atoms with E-state index >= 15 is 0 Å². The quantitative estimate of drug-likeness (QED) is 0.180. The number of aromatic nitrogens is 1. The van der Waals surface area contributed by atoms with Crippen LogP contribution in [0.3, 0.4) is 0 Å². The van der Waals surface area contributed by atoms with Gasteiger partial charge in [0.15, 0.2) is 0 Å². The van der Waals surface area contributed by atoms with Crippen molar-refractivity contribution >= 4 is 44.9 Å². The van der Waals surface area contributed by atoms with Gasteiger partial charge in [-0.15, -0.1) is 0 Å². The molecule has 1 amide bonds. The molecule has 1 aliphatic rings. The van der Waals surface area contributed by atoms with Crippen LogP contribution in [-0.4, -0.2) is 48.2 Å². The molecule has 0 spiro atoms. The highest BCUT2D eigenvalue weighted by atomic mass is 35.5. The molecule has 1 saturated heterocycles. The Morgan fingerprint density at radius 2 is 1.80 bits per heavy atom. The molecule has 0 bridgehead atoms. The second-order valence-electron chi connectivity index (χ2n) is 11.9. The number of hydrogen-bond donors (Lipinski definition) is 0. The molecule has 1 aromatic heterocycles. The van der Waals surface area contributed by atoms with Crippen molar-refractivity contribution in [3.8, 4) is 28.6 Å². The van der Waals surface area contributed by atoms with E-state index in [4.69, 9.17) is 16.3 Å². The third kappa shape index (κ3) is 5.09. The van der Waals surface area contributed by atoms with Crippen LogP contribution >= 0.6 is 11.6 Å². The van der Waals surface area contributed by atoms with Crippen molar-refractivity contribution < 1.29 is 9.53 Å². The molecule has 7 nitrogen and oxygen atoms in total. The van der Waals surface area contributed by atoms with Crippen LogP contribution in [0.25, 0.3) is 38.5 Å². The SMILES string of the molecule is C=CC(=O)N1CCN(c2c(C#N)c(=O)n(-c3ccccc3C(C)C)c3cc(-c4c(OC)ccc5ccccc45)c(Cl)cc23)[C@@H](C)C1. The fraction of sp³-hybridized carbons (Fsp3) is 0.237. The summed E-state index contributed by atoms with van der Waals surface area (Å²) in [6, 6.07) is 25.7. The van der Waals surface area contributed by atoms with Crippen molar-refractivity contribution in [3.63, 3.8) is 0 Å². The molecule has 1 fully saturated rings. The Hall–Kier alpha value is -5.06. The maximum absolute atomic E-state index is 14.6. The van der Waals surface area contributed by atoms with E-state index in [2.05, 4.69) is 31.4 Å². The van der Waals surface area contributed by atoms with Crippen molar-refractivity contribution in [1.29, 1.82) is 5.26 Å². The monoisotopic (exact) mass is 630 g/mol. The smallest absolute Gasteiger partial charge is 0.275 e. The largest absolute Gasteiger partial charge is 0.496 e. The summed E-state index contributed by atoms with van der Waals surface area (Å²) in [7, 11) is 1.63. The van der Waals surface area contributed by atoms with E-state index in [9.17, 15) is 14.9 Å². The van der Waals surface area contributed by atoms with Crippen LogP contribution in [0.2, 0.25) is 5.02 Å². The normalized spacial score (nSPS) is 14.9. The van der Waals surface area contributed by atoms with Crippen LogP contribution in [0.15, 0.2) is 90.2 Å². The summed E-state index contributed by atoms with van der Waals surface area (Å²) in [6.07, 6.45) is 1.31. The summed E-state index contributed by atoms with van der Waals surface area (Å²) < 4.78 is 7.51. The molecule has 1 atom stereocenters. The van der Waals surface area contributed by atoms with Gasteiger partial charge < -0.3 is 14.5 Å². The lowest BCUT2D eigenvalue weighted by molar-refractivity contribution is -0.126. The van der Waals surface area contributed by atoms with Gasteiger partial charge >= 0.3 is 0 Å². The van der Waals surface area contributed by atoms with Gasteiger partial charge in [-0.3, -0.25) is 14.2 Å². The van der Waals surface area contributed by atoms with E-state index in [-0.39, 0.29) is 23.4 Å². The Balaban J connectivity index is 1.73. The van der Waals surface area contributed by atoms with Gasteiger partial charge in [-0.25, -0.2) is 0 Å². The summed E-state index contributed by atoms with van der Waals surface area (Å²) in [6.45, 7) is 11.1. The van der Waals surface area contributed by atoms with E-state index < -0.39 is 5.56 Å². The molecule has 1 aliphatic heterocycles. The predicted molar refractivity (Wildman–Crippen MR) is 186 cm³/mol. The third-order valence-corrected chi connectivity index (χ3v) is 9.24. The van der Waals surface area contributed by atoms with Crippen LogP contribution < -0.4 is 15.2 Å². The molecule has 5 aromatic rings. The molecule has 232 valence electrons. The molecule has 0 saturated carbocycles. The number of rotatable bonds is 6. The topological polar surface area (TPSA) is 78.6 Å². The van der Waals surface area contributed by atoms with Gasteiger partial charge in [-0.05, 0) is 59.5 Å². The number of ether oxygens (including phenoxy) is 1. The number of fused-ring (bicyclic) bond motifs is 2. The standard InChI is InChI=1S/C38H35ClN4O3/c1-6-35(44)41-17-18-42(24(4)22-41)37-29-19-31(39)28(36-27-13-8-7-11-25(27)15-16-34(36)46-5)20-33(29)43(38(45)30(37)21-40)32-14-10-9-12-26(32)23(2)3/h6-16,19-20,23-24H,1,17-18,22H2,2-5H3/t24-/m0/s1. The summed E-state index contributed by atoms with van der Waals surface area (Å²) >= 11 is 7.20. The van der Waals surface area contributed by atoms with Gasteiger partial charge in [0.05, 0.1) is 24.0 Å². The van der Waals surface area contributed by atoms with Crippen LogP contribution in [0.5, 0.6) is 5.75 Å². The average Bonchev–Trinajstić information content (AvgIpc) is 3.07. The zero-order chi connectivity index (χ0) is 32.7. The molecule has 6 rings (SSSR count). The molecule has 0 unspecified atom stereocenters. The number of anilines is 1. The van der Waals surface area contributed by atoms with E-state index in [1.165, 1.54) is 6.08 Å². The van der Waals surface area contributed by atoms with Crippen LogP contribution in [-0.2, 0) is 4.79 Å². The second-order valence-corrected chi connectivity index (χ2v) is 12.3. The van der Waals surface area contributed by atoms with Gasteiger partial charge in [0.1, 0.15) is 17.4 Å². The Labute approximate surface area is 273 Å². The first-order chi connectivity index (χ1) is 22.2. The van der Waals surface area contributed by atoms with Gasteiger partial charge in [-0.1, -0.05) is 80.6 Å². The summed E-state index contributed by atoms with van der Waals surface area (Å²) in [5.41, 5.74) is 3.99. The lowest BCUT2D eigenvalue weighted by Gasteiger charge is -2.41. The van der Waals surface area contributed by atoms with Gasteiger partial charge in [0.2, 0.25) is 5.91 Å². The zero-order valence-corrected chi connectivity index (χ0v) is 27.1. The van der Waals surface area contributed by atoms with E-state index in [1.54, 1.807) is 16.6 Å². The summed E-state index contributed by atoms with van der Waals surface area (Å²) in [5, 5.41) is 13.7. The number of hydrogen-bond acceptors (Lipinski definition) is 5. The third-order valence-electron chi connectivity index (χ3n) is 8.93. The number of carbonyl (C=O) groups excluding carboxylic acids is 1. The summed E-state index contributed by atoms with van der Waals surface area (Å²) in [4.78, 5) is 30.9. The fourth-order valence-corrected chi connectivity index (χ4v) is 6.98. The first-order valence-corrected chi connectivity index (χ1v) is 15.7. The Morgan fingerprint density at radius 1 is 1.07 bits per heavy atom. The van der Waals surface area contributed by atoms with E-state index in [0.29, 0.717) is 58.2 Å². The molecule has 4 aromatic carbocycles. The first kappa shape index (κ1) is 30.9. The minimum absolute atomic E-state index is 0.0352. The number of amides is 1. The molecule has 0 aliphatic carbocycles. The number of pyridine rings is 1. The summed E-state index contributed by atoms with van der Waals surface area (Å²) in [5.74, 6) is 0.625. The molecule has 8 heteroatoms. The molecular weight excluding hydrogens is 596 g/mol. The first-order valence-electron chi connectivity index (χ1n) is 15.4. The van der Waals surface area contributed by atoms with Gasteiger partial charge in [0.25, 0.3) is 5.56 Å². The Bertz CT molecular complexity index is 2130. The molecule has 46 heavy (non-hydrogen) atoms. The maximum Gasteiger partial charge on any atom is 0.275 e. The highest BCUT2D eigenvalue weighted by molar-refractivity contribution is 6.35. The lowest BCUT2D eigenvalue weighted by atomic mass is 9.94. The minimum atomic E-state index is -0.409. The lowest BCUT2D eigenvalue weighted by Crippen LogP contribution is -2.54. The van der Waals surface area contributed by atoms with Crippen molar-refractivity contribution in [3.05, 3.63) is 112 Å². The number of para-hydroxylation sites is 1. The molecular formula is C38H35ClN4O3. The zero-order valence-electron chi connectivity index (χ0n) is 26.4. The van der Waals surface area contributed by atoms with E-state index in [1.807, 2.05) is 79.7 Å². The predicted octanol–water partition coefficient (Wildman–Crippen LogP) is 7.69. The number of nitrogens with zero attached hydrogens (tertiary/aromatic N) is 4. The number of benzene rings is 4. The molecule has 0 N–H and O–H groups in total. The van der Waals surface area contributed by atoms with Crippen LogP contribution in [0.4, 0.5) is 5.69 Å². The van der Waals surface area contributed by atoms with Crippen LogP contribution in [0, 0.1) is 11.3 Å². The number of halogens is 1. The number of nitriles is 1. The maximum atomic E-state index is 14.6. The number of carbonyl (C=O) groups is 1. The van der Waals surface area contributed by atoms with Gasteiger partial charge in [0, 0.05) is 47.2 Å². The van der Waals surface area contributed by atoms with E-state index in [0.717, 1.165) is 21.9 Å². The van der Waals surface area contributed by atoms with Crippen molar-refractivity contribution in [1.82, 2.24) is 9.47 Å². The second kappa shape index (κ2) is 12.4. The van der Waals surface area contributed by atoms with Crippen LogP contribution in [0.1, 0.15) is 37.8 Å². The van der Waals surface area contributed by atoms with Gasteiger partial charge in [-0.2, -0.15) is 5.26 Å². The fourth-order valence-electron chi connectivity index (χ4n) is 6.72. The van der Waals surface area contributed by atoms with Crippen molar-refractivity contribution in [2.45, 2.75) is 32.7 Å². The highest BCUT2D eigenvalue weighted by Gasteiger charge is 2.32. The van der Waals surface area contributed by atoms with Crippen molar-refractivity contribution in [2.75, 3.05) is 31.6 Å². The number of piperazine rings is 1.